The average Bonchev–Trinajstić information content (AvgIpc) is 3.90. The minimum Gasteiger partial charge on any atom is -0.308 e. The van der Waals surface area contributed by atoms with Gasteiger partial charge in [0.1, 0.15) is 0 Å². The number of rotatable bonds is 4. The quantitative estimate of drug-likeness (QED) is 0.169. The van der Waals surface area contributed by atoms with Crippen molar-refractivity contribution in [3.63, 3.8) is 0 Å². The molecular weight excluding hydrogens is 697 g/mol. The van der Waals surface area contributed by atoms with Crippen LogP contribution >= 0.6 is 0 Å². The minimum absolute atomic E-state index is 0.313. The number of para-hydroxylation sites is 4. The number of hydrogen-bond donors (Lipinski definition) is 0. The molecule has 0 fully saturated rings. The van der Waals surface area contributed by atoms with Crippen molar-refractivity contribution < 1.29 is 19.2 Å². The van der Waals surface area contributed by atoms with Gasteiger partial charge in [-0.2, -0.15) is 0 Å². The summed E-state index contributed by atoms with van der Waals surface area (Å²) in [5, 5.41) is 4.19. The lowest BCUT2D eigenvalue weighted by atomic mass is 10.1. The standard InChI is InChI=1S/C48H30N4O4/c1-27-25-42(52-46(54)34-18-12-24-40(44(34)48(52)56)50-37-21-9-5-15-31(37)32-16-6-10-22-38(32)50)28(2)26-41(27)51-45(53)33-17-11-23-39(43(33)47(51)55)49-35-19-7-3-13-29(35)30-14-4-8-20-36(30)49/h3-26H,1-2H3. The fourth-order valence-corrected chi connectivity index (χ4v) is 8.98. The van der Waals surface area contributed by atoms with Crippen LogP contribution in [0, 0.1) is 13.8 Å². The predicted octanol–water partition coefficient (Wildman–Crippen LogP) is 10.1. The van der Waals surface area contributed by atoms with Crippen LogP contribution in [-0.2, 0) is 0 Å². The van der Waals surface area contributed by atoms with E-state index in [2.05, 4.69) is 33.4 Å². The fourth-order valence-electron chi connectivity index (χ4n) is 8.98. The van der Waals surface area contributed by atoms with Gasteiger partial charge in [-0.15, -0.1) is 0 Å². The number of fused-ring (bicyclic) bond motifs is 8. The Morgan fingerprint density at radius 1 is 0.339 bits per heavy atom. The first-order chi connectivity index (χ1) is 27.3. The number of aromatic nitrogens is 2. The summed E-state index contributed by atoms with van der Waals surface area (Å²) in [5.41, 5.74) is 8.16. The van der Waals surface area contributed by atoms with Crippen LogP contribution in [0.2, 0.25) is 0 Å². The molecule has 0 saturated carbocycles. The van der Waals surface area contributed by atoms with Gasteiger partial charge >= 0.3 is 0 Å². The summed E-state index contributed by atoms with van der Waals surface area (Å²) in [6, 6.07) is 46.4. The summed E-state index contributed by atoms with van der Waals surface area (Å²) >= 11 is 0. The second-order valence-electron chi connectivity index (χ2n) is 14.5. The number of amides is 4. The van der Waals surface area contributed by atoms with Gasteiger partial charge in [-0.3, -0.25) is 19.2 Å². The van der Waals surface area contributed by atoms with E-state index < -0.39 is 23.6 Å². The van der Waals surface area contributed by atoms with Crippen molar-refractivity contribution in [2.75, 3.05) is 9.80 Å². The van der Waals surface area contributed by atoms with E-state index in [1.807, 2.05) is 97.1 Å². The van der Waals surface area contributed by atoms with Crippen LogP contribution in [0.25, 0.3) is 55.0 Å². The second-order valence-corrected chi connectivity index (χ2v) is 14.5. The van der Waals surface area contributed by atoms with Crippen LogP contribution < -0.4 is 9.80 Å². The summed E-state index contributed by atoms with van der Waals surface area (Å²) < 4.78 is 4.10. The SMILES string of the molecule is Cc1cc(N2C(=O)c3cccc(-n4c5ccccc5c5ccccc54)c3C2=O)c(C)cc1N1C(=O)c2cccc(-n3c4ccccc4c4ccccc43)c2C1=O. The highest BCUT2D eigenvalue weighted by atomic mass is 16.2. The number of nitrogens with zero attached hydrogens (tertiary/aromatic N) is 4. The van der Waals surface area contributed by atoms with Gasteiger partial charge in [0.05, 0.1) is 67.1 Å². The monoisotopic (exact) mass is 726 g/mol. The molecule has 4 amide bonds. The van der Waals surface area contributed by atoms with E-state index in [1.165, 1.54) is 9.80 Å². The van der Waals surface area contributed by atoms with Crippen LogP contribution in [-0.4, -0.2) is 32.8 Å². The Morgan fingerprint density at radius 2 is 0.661 bits per heavy atom. The predicted molar refractivity (Wildman–Crippen MR) is 220 cm³/mol. The van der Waals surface area contributed by atoms with E-state index >= 15 is 0 Å². The number of aryl methyl sites for hydroxylation is 2. The van der Waals surface area contributed by atoms with Crippen LogP contribution in [0.4, 0.5) is 11.4 Å². The van der Waals surface area contributed by atoms with Crippen molar-refractivity contribution in [2.24, 2.45) is 0 Å². The van der Waals surface area contributed by atoms with Crippen LogP contribution in [0.1, 0.15) is 52.6 Å². The van der Waals surface area contributed by atoms with Gasteiger partial charge in [0, 0.05) is 21.5 Å². The maximum Gasteiger partial charge on any atom is 0.268 e. The number of hydrogen-bond acceptors (Lipinski definition) is 4. The Balaban J connectivity index is 1.00. The van der Waals surface area contributed by atoms with Gasteiger partial charge in [-0.05, 0) is 85.6 Å². The maximum absolute atomic E-state index is 14.6. The maximum atomic E-state index is 14.6. The molecule has 8 nitrogen and oxygen atoms in total. The molecule has 56 heavy (non-hydrogen) atoms. The second kappa shape index (κ2) is 11.5. The number of carbonyl (C=O) groups is 4. The van der Waals surface area contributed by atoms with Crippen molar-refractivity contribution in [3.05, 3.63) is 179 Å². The lowest BCUT2D eigenvalue weighted by Gasteiger charge is -2.22. The molecule has 2 aliphatic rings. The molecule has 0 bridgehead atoms. The lowest BCUT2D eigenvalue weighted by molar-refractivity contribution is 0.0909. The highest BCUT2D eigenvalue weighted by molar-refractivity contribution is 6.37. The first-order valence-electron chi connectivity index (χ1n) is 18.5. The molecular formula is C48H30N4O4. The van der Waals surface area contributed by atoms with E-state index in [0.29, 0.717) is 56.1 Å². The first kappa shape index (κ1) is 31.9. The highest BCUT2D eigenvalue weighted by Crippen LogP contribution is 2.42. The van der Waals surface area contributed by atoms with Crippen LogP contribution in [0.15, 0.2) is 146 Å². The number of carbonyl (C=O) groups excluding carboxylic acids is 4. The summed E-state index contributed by atoms with van der Waals surface area (Å²) in [6.07, 6.45) is 0. The molecule has 8 heteroatoms. The Morgan fingerprint density at radius 3 is 1.00 bits per heavy atom. The third kappa shape index (κ3) is 4.12. The third-order valence-corrected chi connectivity index (χ3v) is 11.4. The Hall–Kier alpha value is -7.58. The summed E-state index contributed by atoms with van der Waals surface area (Å²) in [7, 11) is 0. The van der Waals surface area contributed by atoms with Crippen molar-refractivity contribution in [1.82, 2.24) is 9.13 Å². The van der Waals surface area contributed by atoms with Crippen molar-refractivity contribution in [2.45, 2.75) is 13.8 Å². The van der Waals surface area contributed by atoms with Crippen molar-refractivity contribution in [3.8, 4) is 11.4 Å². The topological polar surface area (TPSA) is 84.6 Å². The summed E-state index contributed by atoms with van der Waals surface area (Å²) in [5.74, 6) is -1.73. The van der Waals surface area contributed by atoms with E-state index in [4.69, 9.17) is 0 Å². The van der Waals surface area contributed by atoms with Crippen LogP contribution in [0.5, 0.6) is 0 Å². The minimum atomic E-state index is -0.436. The van der Waals surface area contributed by atoms with Gasteiger partial charge in [-0.25, -0.2) is 9.80 Å². The molecule has 4 heterocycles. The molecule has 0 spiro atoms. The highest BCUT2D eigenvalue weighted by Gasteiger charge is 2.43. The number of anilines is 2. The zero-order chi connectivity index (χ0) is 38.0. The molecule has 0 atom stereocenters. The smallest absolute Gasteiger partial charge is 0.268 e. The van der Waals surface area contributed by atoms with Crippen molar-refractivity contribution >= 4 is 78.6 Å². The summed E-state index contributed by atoms with van der Waals surface area (Å²) in [6.45, 7) is 3.58. The zero-order valence-electron chi connectivity index (χ0n) is 30.3. The zero-order valence-corrected chi connectivity index (χ0v) is 30.3. The molecule has 7 aromatic carbocycles. The van der Waals surface area contributed by atoms with Gasteiger partial charge in [0.2, 0.25) is 0 Å². The molecule has 9 aromatic rings. The van der Waals surface area contributed by atoms with Gasteiger partial charge in [0.25, 0.3) is 23.6 Å². The van der Waals surface area contributed by atoms with Crippen molar-refractivity contribution in [1.29, 1.82) is 0 Å². The van der Waals surface area contributed by atoms with Crippen LogP contribution in [0.3, 0.4) is 0 Å². The summed E-state index contributed by atoms with van der Waals surface area (Å²) in [4.78, 5) is 60.0. The normalized spacial score (nSPS) is 14.0. The molecule has 0 aliphatic carbocycles. The molecule has 0 unspecified atom stereocenters. The van der Waals surface area contributed by atoms with E-state index in [0.717, 1.165) is 43.6 Å². The Labute approximate surface area is 320 Å². The Bertz CT molecular complexity index is 2950. The fraction of sp³-hybridized carbons (Fsp3) is 0.0417. The van der Waals surface area contributed by atoms with Gasteiger partial charge < -0.3 is 9.13 Å². The molecule has 0 saturated heterocycles. The third-order valence-electron chi connectivity index (χ3n) is 11.4. The molecule has 0 N–H and O–H groups in total. The number of benzene rings is 7. The molecule has 2 aliphatic heterocycles. The van der Waals surface area contributed by atoms with E-state index in [-0.39, 0.29) is 0 Å². The average molecular weight is 727 g/mol. The Kier molecular flexibility index (Phi) is 6.53. The van der Waals surface area contributed by atoms with Gasteiger partial charge in [-0.1, -0.05) is 84.9 Å². The molecule has 11 rings (SSSR count). The number of imide groups is 2. The molecule has 266 valence electrons. The lowest BCUT2D eigenvalue weighted by Crippen LogP contribution is -2.32. The molecule has 2 aromatic heterocycles. The van der Waals surface area contributed by atoms with E-state index in [1.54, 1.807) is 38.1 Å². The van der Waals surface area contributed by atoms with Gasteiger partial charge in [0.15, 0.2) is 0 Å². The van der Waals surface area contributed by atoms with E-state index in [9.17, 15) is 19.2 Å². The first-order valence-corrected chi connectivity index (χ1v) is 18.5. The largest absolute Gasteiger partial charge is 0.308 e. The molecule has 0 radical (unpaired) electrons.